The molecular formula is C24H30N2O6. The van der Waals surface area contributed by atoms with Gasteiger partial charge in [-0.2, -0.15) is 4.79 Å². The Kier molecular flexibility index (Phi) is 9.31. The van der Waals surface area contributed by atoms with Gasteiger partial charge in [-0.1, -0.05) is 42.5 Å². The fourth-order valence-corrected chi connectivity index (χ4v) is 3.97. The van der Waals surface area contributed by atoms with Crippen molar-refractivity contribution in [2.75, 3.05) is 19.8 Å². The maximum Gasteiger partial charge on any atom is 0.441 e. The maximum atomic E-state index is 12.7. The molecular weight excluding hydrogens is 412 g/mol. The van der Waals surface area contributed by atoms with E-state index >= 15 is 0 Å². The third-order valence-corrected chi connectivity index (χ3v) is 5.64. The van der Waals surface area contributed by atoms with Crippen molar-refractivity contribution in [2.45, 2.75) is 51.6 Å². The second-order valence-corrected chi connectivity index (χ2v) is 7.91. The molecule has 1 heterocycles. The molecule has 4 atom stereocenters. The van der Waals surface area contributed by atoms with Crippen molar-refractivity contribution < 1.29 is 33.3 Å². The third-order valence-electron chi connectivity index (χ3n) is 5.64. The Morgan fingerprint density at radius 3 is 2.69 bits per heavy atom. The molecule has 172 valence electrons. The first-order valence-corrected chi connectivity index (χ1v) is 11.1. The lowest BCUT2D eigenvalue weighted by Crippen LogP contribution is -2.35. The van der Waals surface area contributed by atoms with Crippen molar-refractivity contribution in [3.63, 3.8) is 0 Å². The summed E-state index contributed by atoms with van der Waals surface area (Å²) in [6.45, 7) is 3.18. The van der Waals surface area contributed by atoms with Crippen molar-refractivity contribution in [3.8, 4) is 0 Å². The van der Waals surface area contributed by atoms with Crippen molar-refractivity contribution in [2.24, 2.45) is 11.8 Å². The molecule has 1 aromatic rings. The molecule has 8 heteroatoms. The number of Topliss-reactive ketones (excluding diaryl/α,β-unsaturated/α-hetero) is 1. The Morgan fingerprint density at radius 1 is 1.19 bits per heavy atom. The second-order valence-electron chi connectivity index (χ2n) is 7.91. The van der Waals surface area contributed by atoms with Crippen LogP contribution in [0.25, 0.3) is 5.53 Å². The highest BCUT2D eigenvalue weighted by molar-refractivity contribution is 6.62. The number of rotatable bonds is 11. The minimum absolute atomic E-state index is 0.0144. The quantitative estimate of drug-likeness (QED) is 0.130. The van der Waals surface area contributed by atoms with Crippen LogP contribution in [0.3, 0.4) is 0 Å². The van der Waals surface area contributed by atoms with E-state index < -0.39 is 17.5 Å². The molecule has 0 amide bonds. The number of ketones is 1. The zero-order valence-electron chi connectivity index (χ0n) is 18.4. The zero-order chi connectivity index (χ0) is 22.8. The van der Waals surface area contributed by atoms with Crippen LogP contribution in [0.5, 0.6) is 0 Å². The first-order chi connectivity index (χ1) is 15.6. The number of carbonyl (C=O) groups excluding carboxylic acids is 2. The number of benzene rings is 1. The molecule has 1 saturated heterocycles. The van der Waals surface area contributed by atoms with Crippen molar-refractivity contribution in [3.05, 3.63) is 53.6 Å². The van der Waals surface area contributed by atoms with Gasteiger partial charge < -0.3 is 24.5 Å². The van der Waals surface area contributed by atoms with Crippen LogP contribution in [0.1, 0.15) is 38.2 Å². The number of esters is 1. The maximum absolute atomic E-state index is 12.7. The van der Waals surface area contributed by atoms with Crippen LogP contribution in [0.4, 0.5) is 0 Å². The number of carbonyl (C=O) groups is 2. The van der Waals surface area contributed by atoms with Crippen LogP contribution in [0, 0.1) is 11.8 Å². The van der Waals surface area contributed by atoms with Gasteiger partial charge in [-0.25, -0.2) is 4.79 Å². The molecule has 0 saturated carbocycles. The van der Waals surface area contributed by atoms with Crippen LogP contribution >= 0.6 is 0 Å². The van der Waals surface area contributed by atoms with Gasteiger partial charge >= 0.3 is 11.7 Å². The Balaban J connectivity index is 1.65. The molecule has 1 fully saturated rings. The summed E-state index contributed by atoms with van der Waals surface area (Å²) in [5, 5.41) is 0. The topological polar surface area (TPSA) is 107 Å². The summed E-state index contributed by atoms with van der Waals surface area (Å²) >= 11 is 0. The van der Waals surface area contributed by atoms with Crippen LogP contribution in [-0.2, 0) is 35.1 Å². The van der Waals surface area contributed by atoms with Crippen LogP contribution in [0.15, 0.2) is 42.5 Å². The largest absolute Gasteiger partial charge is 0.457 e. The van der Waals surface area contributed by atoms with Crippen LogP contribution in [-0.4, -0.2) is 54.5 Å². The van der Waals surface area contributed by atoms with Gasteiger partial charge in [0, 0.05) is 18.9 Å². The van der Waals surface area contributed by atoms with Crippen LogP contribution < -0.4 is 0 Å². The lowest BCUT2D eigenvalue weighted by atomic mass is 9.89. The van der Waals surface area contributed by atoms with Crippen molar-refractivity contribution in [1.82, 2.24) is 0 Å². The number of allylic oxidation sites excluding steroid dienone is 1. The highest BCUT2D eigenvalue weighted by Crippen LogP contribution is 2.33. The molecule has 8 nitrogen and oxygen atoms in total. The number of hydrogen-bond donors (Lipinski definition) is 0. The van der Waals surface area contributed by atoms with E-state index in [9.17, 15) is 9.59 Å². The highest BCUT2D eigenvalue weighted by atomic mass is 16.7. The lowest BCUT2D eigenvalue weighted by Gasteiger charge is -2.30. The van der Waals surface area contributed by atoms with Crippen molar-refractivity contribution >= 4 is 17.5 Å². The van der Waals surface area contributed by atoms with Gasteiger partial charge in [0.05, 0.1) is 25.9 Å². The van der Waals surface area contributed by atoms with E-state index in [4.69, 9.17) is 24.5 Å². The van der Waals surface area contributed by atoms with Gasteiger partial charge in [0.2, 0.25) is 0 Å². The summed E-state index contributed by atoms with van der Waals surface area (Å²) in [7, 11) is 0. The second kappa shape index (κ2) is 12.4. The molecule has 0 radical (unpaired) electrons. The molecule has 0 N–H and O–H groups in total. The van der Waals surface area contributed by atoms with Gasteiger partial charge in [-0.05, 0) is 37.7 Å². The molecule has 3 rings (SSSR count). The van der Waals surface area contributed by atoms with Crippen molar-refractivity contribution in [1.29, 1.82) is 0 Å². The van der Waals surface area contributed by atoms with Gasteiger partial charge in [0.15, 0.2) is 6.29 Å². The van der Waals surface area contributed by atoms with E-state index in [0.717, 1.165) is 24.8 Å². The van der Waals surface area contributed by atoms with E-state index in [1.54, 1.807) is 6.92 Å². The molecule has 2 aliphatic rings. The Morgan fingerprint density at radius 2 is 2.00 bits per heavy atom. The SMILES string of the molecule is CCOC(=O)C(=[N+]=[N-])C(=O)C[C@@H]1C=C[C@H](OC2CCCCO2)[C@H]1COCc1ccccc1. The molecule has 1 aliphatic carbocycles. The lowest BCUT2D eigenvalue weighted by molar-refractivity contribution is -0.191. The molecule has 0 spiro atoms. The normalized spacial score (nSPS) is 24.7. The summed E-state index contributed by atoms with van der Waals surface area (Å²) in [6.07, 6.45) is 6.16. The minimum Gasteiger partial charge on any atom is -0.457 e. The van der Waals surface area contributed by atoms with Gasteiger partial charge in [0.25, 0.3) is 5.78 Å². The number of ether oxygens (including phenoxy) is 4. The average molecular weight is 443 g/mol. The summed E-state index contributed by atoms with van der Waals surface area (Å²) in [6, 6.07) is 9.83. The number of hydrogen-bond acceptors (Lipinski definition) is 6. The van der Waals surface area contributed by atoms with Crippen LogP contribution in [0.2, 0.25) is 0 Å². The smallest absolute Gasteiger partial charge is 0.441 e. The highest BCUT2D eigenvalue weighted by Gasteiger charge is 2.39. The van der Waals surface area contributed by atoms with E-state index in [-0.39, 0.29) is 37.3 Å². The first kappa shape index (κ1) is 24.0. The summed E-state index contributed by atoms with van der Waals surface area (Å²) in [5.41, 5.74) is 9.61. The van der Waals surface area contributed by atoms with E-state index in [1.807, 2.05) is 42.5 Å². The molecule has 1 aliphatic heterocycles. The number of nitrogens with zero attached hydrogens (tertiary/aromatic N) is 2. The Hall–Kier alpha value is -2.64. The predicted molar refractivity (Wildman–Crippen MR) is 116 cm³/mol. The minimum atomic E-state index is -0.928. The fourth-order valence-electron chi connectivity index (χ4n) is 3.97. The standard InChI is InChI=1S/C24H30N2O6/c1-2-30-24(28)23(26-25)20(27)14-18-11-12-21(32-22-10-6-7-13-31-22)19(18)16-29-15-17-8-4-3-5-9-17/h3-5,8-9,11-12,18-19,21-22H,2,6-7,10,13-16H2,1H3/t18-,19-,21-,22?/m0/s1. The summed E-state index contributed by atoms with van der Waals surface area (Å²) in [5.74, 6) is -1.89. The molecule has 0 bridgehead atoms. The van der Waals surface area contributed by atoms with Gasteiger partial charge in [-0.3, -0.25) is 4.79 Å². The van der Waals surface area contributed by atoms with E-state index in [1.165, 1.54) is 0 Å². The average Bonchev–Trinajstić information content (AvgIpc) is 3.17. The Bertz CT molecular complexity index is 843. The first-order valence-electron chi connectivity index (χ1n) is 11.1. The monoisotopic (exact) mass is 442 g/mol. The van der Waals surface area contributed by atoms with E-state index in [2.05, 4.69) is 4.79 Å². The van der Waals surface area contributed by atoms with Gasteiger partial charge in [-0.15, -0.1) is 0 Å². The fraction of sp³-hybridized carbons (Fsp3) is 0.542. The zero-order valence-corrected chi connectivity index (χ0v) is 18.4. The third kappa shape index (κ3) is 6.68. The summed E-state index contributed by atoms with van der Waals surface area (Å²) in [4.78, 5) is 27.4. The van der Waals surface area contributed by atoms with Gasteiger partial charge in [0.1, 0.15) is 0 Å². The molecule has 32 heavy (non-hydrogen) atoms. The molecule has 1 aromatic carbocycles. The Labute approximate surface area is 188 Å². The van der Waals surface area contributed by atoms with E-state index in [0.29, 0.717) is 19.8 Å². The molecule has 1 unspecified atom stereocenters. The summed E-state index contributed by atoms with van der Waals surface area (Å²) < 4.78 is 22.7. The predicted octanol–water partition coefficient (Wildman–Crippen LogP) is 3.11. The molecule has 0 aromatic heterocycles.